The van der Waals surface area contributed by atoms with Gasteiger partial charge in [-0.05, 0) is 11.3 Å². The van der Waals surface area contributed by atoms with Crippen molar-refractivity contribution in [3.8, 4) is 0 Å². The van der Waals surface area contributed by atoms with Crippen molar-refractivity contribution in [2.24, 2.45) is 22.5 Å². The Kier molecular flexibility index (Phi) is 2.94. The highest BCUT2D eigenvalue weighted by Crippen LogP contribution is 2.43. The molecule has 0 saturated heterocycles. The minimum atomic E-state index is -0.424. The van der Waals surface area contributed by atoms with Gasteiger partial charge >= 0.3 is 0 Å². The van der Waals surface area contributed by atoms with E-state index in [9.17, 15) is 4.79 Å². The first kappa shape index (κ1) is 11.5. The SMILES string of the molecule is CC(C)C(C)(C(N)=O)C(C)(C)C. The van der Waals surface area contributed by atoms with Gasteiger partial charge in [-0.2, -0.15) is 0 Å². The van der Waals surface area contributed by atoms with Crippen molar-refractivity contribution in [3.63, 3.8) is 0 Å². The van der Waals surface area contributed by atoms with Crippen LogP contribution in [0.1, 0.15) is 41.5 Å². The summed E-state index contributed by atoms with van der Waals surface area (Å²) in [7, 11) is 0. The molecule has 1 amide bonds. The molecule has 0 heterocycles. The largest absolute Gasteiger partial charge is 0.369 e. The van der Waals surface area contributed by atoms with Crippen LogP contribution in [0.15, 0.2) is 0 Å². The average Bonchev–Trinajstić information content (AvgIpc) is 1.82. The summed E-state index contributed by atoms with van der Waals surface area (Å²) in [6.07, 6.45) is 0. The van der Waals surface area contributed by atoms with E-state index in [0.717, 1.165) is 0 Å². The van der Waals surface area contributed by atoms with Crippen LogP contribution in [0.3, 0.4) is 0 Å². The van der Waals surface area contributed by atoms with Crippen LogP contribution in [-0.4, -0.2) is 5.91 Å². The smallest absolute Gasteiger partial charge is 0.224 e. The summed E-state index contributed by atoms with van der Waals surface area (Å²) in [5.41, 5.74) is 4.92. The van der Waals surface area contributed by atoms with E-state index < -0.39 is 5.41 Å². The number of rotatable bonds is 2. The Labute approximate surface area is 75.5 Å². The molecule has 0 aromatic rings. The molecule has 2 nitrogen and oxygen atoms in total. The maximum Gasteiger partial charge on any atom is 0.224 e. The molecule has 0 aliphatic heterocycles. The van der Waals surface area contributed by atoms with Gasteiger partial charge in [0.2, 0.25) is 5.91 Å². The van der Waals surface area contributed by atoms with Gasteiger partial charge < -0.3 is 5.73 Å². The molecule has 0 saturated carbocycles. The van der Waals surface area contributed by atoms with Crippen LogP contribution < -0.4 is 5.73 Å². The quantitative estimate of drug-likeness (QED) is 0.680. The molecule has 0 bridgehead atoms. The molecule has 72 valence electrons. The molecule has 0 aromatic heterocycles. The van der Waals surface area contributed by atoms with Gasteiger partial charge in [0.05, 0.1) is 5.41 Å². The van der Waals surface area contributed by atoms with Gasteiger partial charge in [-0.3, -0.25) is 4.79 Å². The highest BCUT2D eigenvalue weighted by molar-refractivity contribution is 5.81. The second-order valence-electron chi connectivity index (χ2n) is 4.97. The molecule has 0 radical (unpaired) electrons. The molecule has 2 N–H and O–H groups in total. The minimum absolute atomic E-state index is 0.0764. The summed E-state index contributed by atoms with van der Waals surface area (Å²) in [4.78, 5) is 11.3. The van der Waals surface area contributed by atoms with E-state index in [0.29, 0.717) is 0 Å². The molecule has 1 atom stereocenters. The number of nitrogens with two attached hydrogens (primary N) is 1. The third-order valence-corrected chi connectivity index (χ3v) is 3.22. The van der Waals surface area contributed by atoms with E-state index >= 15 is 0 Å². The first-order chi connectivity index (χ1) is 5.14. The molecule has 0 aromatic carbocycles. The normalized spacial score (nSPS) is 17.6. The Morgan fingerprint density at radius 2 is 1.50 bits per heavy atom. The van der Waals surface area contributed by atoms with Crippen molar-refractivity contribution in [1.82, 2.24) is 0 Å². The van der Waals surface area contributed by atoms with Crippen molar-refractivity contribution in [1.29, 1.82) is 0 Å². The fourth-order valence-corrected chi connectivity index (χ4v) is 1.52. The third kappa shape index (κ3) is 1.62. The molecule has 0 aliphatic carbocycles. The highest BCUT2D eigenvalue weighted by Gasteiger charge is 2.45. The maximum absolute atomic E-state index is 11.3. The van der Waals surface area contributed by atoms with Gasteiger partial charge in [0.1, 0.15) is 0 Å². The Bertz CT molecular complexity index is 179. The second kappa shape index (κ2) is 3.08. The first-order valence-electron chi connectivity index (χ1n) is 4.44. The van der Waals surface area contributed by atoms with Gasteiger partial charge in [-0.15, -0.1) is 0 Å². The fourth-order valence-electron chi connectivity index (χ4n) is 1.52. The lowest BCUT2D eigenvalue weighted by Crippen LogP contribution is -2.48. The number of primary amides is 1. The summed E-state index contributed by atoms with van der Waals surface area (Å²) in [5, 5.41) is 0. The lowest BCUT2D eigenvalue weighted by atomic mass is 9.61. The van der Waals surface area contributed by atoms with Gasteiger partial charge in [0.15, 0.2) is 0 Å². The van der Waals surface area contributed by atoms with E-state index in [1.807, 2.05) is 20.8 Å². The van der Waals surface area contributed by atoms with Crippen LogP contribution in [0.5, 0.6) is 0 Å². The molecule has 1 unspecified atom stereocenters. The summed E-state index contributed by atoms with van der Waals surface area (Å²) in [5.74, 6) is 0.0694. The standard InChI is InChI=1S/C10H21NO/c1-7(2)10(6,8(11)12)9(3,4)5/h7H,1-6H3,(H2,11,12). The van der Waals surface area contributed by atoms with Crippen LogP contribution >= 0.6 is 0 Å². The Balaban J connectivity index is 5.02. The van der Waals surface area contributed by atoms with E-state index in [1.165, 1.54) is 0 Å². The number of carbonyl (C=O) groups is 1. The van der Waals surface area contributed by atoms with E-state index in [2.05, 4.69) is 20.8 Å². The molecule has 0 fully saturated rings. The van der Waals surface area contributed by atoms with Crippen molar-refractivity contribution in [3.05, 3.63) is 0 Å². The second-order valence-corrected chi connectivity index (χ2v) is 4.97. The van der Waals surface area contributed by atoms with E-state index in [4.69, 9.17) is 5.73 Å². The van der Waals surface area contributed by atoms with Crippen LogP contribution in [0.4, 0.5) is 0 Å². The minimum Gasteiger partial charge on any atom is -0.369 e. The molecule has 0 aliphatic rings. The Morgan fingerprint density at radius 1 is 1.17 bits per heavy atom. The Morgan fingerprint density at radius 3 is 1.50 bits per heavy atom. The molecule has 0 rings (SSSR count). The number of hydrogen-bond acceptors (Lipinski definition) is 1. The zero-order valence-electron chi connectivity index (χ0n) is 9.06. The molecule has 12 heavy (non-hydrogen) atoms. The third-order valence-electron chi connectivity index (χ3n) is 3.22. The number of hydrogen-bond donors (Lipinski definition) is 1. The molecule has 0 spiro atoms. The zero-order chi connectivity index (χ0) is 10.2. The number of amides is 1. The van der Waals surface area contributed by atoms with Crippen LogP contribution in [0.25, 0.3) is 0 Å². The first-order valence-corrected chi connectivity index (χ1v) is 4.44. The topological polar surface area (TPSA) is 43.1 Å². The lowest BCUT2D eigenvalue weighted by molar-refractivity contribution is -0.136. The Hall–Kier alpha value is -0.530. The van der Waals surface area contributed by atoms with Crippen LogP contribution in [0.2, 0.25) is 0 Å². The summed E-state index contributed by atoms with van der Waals surface area (Å²) in [6, 6.07) is 0. The summed E-state index contributed by atoms with van der Waals surface area (Å²) < 4.78 is 0. The van der Waals surface area contributed by atoms with Gasteiger partial charge in [-0.25, -0.2) is 0 Å². The average molecular weight is 171 g/mol. The predicted molar refractivity (Wildman–Crippen MR) is 51.6 cm³/mol. The molecular formula is C10H21NO. The van der Waals surface area contributed by atoms with Crippen molar-refractivity contribution in [2.45, 2.75) is 41.5 Å². The van der Waals surface area contributed by atoms with Crippen molar-refractivity contribution < 1.29 is 4.79 Å². The lowest BCUT2D eigenvalue weighted by Gasteiger charge is -2.42. The summed E-state index contributed by atoms with van der Waals surface area (Å²) in [6.45, 7) is 12.2. The fraction of sp³-hybridized carbons (Fsp3) is 0.900. The maximum atomic E-state index is 11.3. The van der Waals surface area contributed by atoms with Crippen LogP contribution in [0, 0.1) is 16.7 Å². The zero-order valence-corrected chi connectivity index (χ0v) is 9.06. The van der Waals surface area contributed by atoms with Crippen LogP contribution in [-0.2, 0) is 4.79 Å². The van der Waals surface area contributed by atoms with Gasteiger partial charge in [0, 0.05) is 0 Å². The monoisotopic (exact) mass is 171 g/mol. The number of carbonyl (C=O) groups excluding carboxylic acids is 1. The van der Waals surface area contributed by atoms with E-state index in [-0.39, 0.29) is 17.2 Å². The van der Waals surface area contributed by atoms with Gasteiger partial charge in [-0.1, -0.05) is 41.5 Å². The predicted octanol–water partition coefficient (Wildman–Crippen LogP) is 2.18. The van der Waals surface area contributed by atoms with Crippen molar-refractivity contribution in [2.75, 3.05) is 0 Å². The van der Waals surface area contributed by atoms with E-state index in [1.54, 1.807) is 0 Å². The highest BCUT2D eigenvalue weighted by atomic mass is 16.1. The van der Waals surface area contributed by atoms with Crippen molar-refractivity contribution >= 4 is 5.91 Å². The molecular weight excluding hydrogens is 150 g/mol. The molecule has 2 heteroatoms. The summed E-state index contributed by atoms with van der Waals surface area (Å²) >= 11 is 0. The van der Waals surface area contributed by atoms with Gasteiger partial charge in [0.25, 0.3) is 0 Å².